The first-order valence-electron chi connectivity index (χ1n) is 11.6. The van der Waals surface area contributed by atoms with E-state index in [4.69, 9.17) is 26.3 Å². The molecule has 5 nitrogen and oxygen atoms in total. The van der Waals surface area contributed by atoms with Crippen molar-refractivity contribution in [3.8, 4) is 28.3 Å². The van der Waals surface area contributed by atoms with Crippen molar-refractivity contribution in [2.75, 3.05) is 20.2 Å². The molecule has 1 saturated heterocycles. The fraction of sp³-hybridized carbons (Fsp3) is 0.250. The second kappa shape index (κ2) is 10.3. The van der Waals surface area contributed by atoms with E-state index in [0.29, 0.717) is 5.92 Å². The Kier molecular flexibility index (Phi) is 6.84. The van der Waals surface area contributed by atoms with Crippen LogP contribution in [0.3, 0.4) is 0 Å². The van der Waals surface area contributed by atoms with E-state index >= 15 is 0 Å². The summed E-state index contributed by atoms with van der Waals surface area (Å²) in [4.78, 5) is 16.4. The quantitative estimate of drug-likeness (QED) is 0.333. The summed E-state index contributed by atoms with van der Waals surface area (Å²) < 4.78 is 5.47. The van der Waals surface area contributed by atoms with Crippen LogP contribution in [0.15, 0.2) is 79.3 Å². The minimum Gasteiger partial charge on any atom is -0.497 e. The van der Waals surface area contributed by atoms with Gasteiger partial charge in [-0.1, -0.05) is 35.9 Å². The summed E-state index contributed by atoms with van der Waals surface area (Å²) in [5, 5.41) is 0.792. The largest absolute Gasteiger partial charge is 0.497 e. The van der Waals surface area contributed by atoms with Gasteiger partial charge in [0.15, 0.2) is 5.82 Å². The Morgan fingerprint density at radius 3 is 2.53 bits per heavy atom. The first-order chi connectivity index (χ1) is 16.7. The maximum atomic E-state index is 6.18. The van der Waals surface area contributed by atoms with E-state index in [9.17, 15) is 0 Å². The van der Waals surface area contributed by atoms with Crippen LogP contribution in [-0.2, 0) is 6.54 Å². The molecule has 0 saturated carbocycles. The average molecular weight is 471 g/mol. The van der Waals surface area contributed by atoms with E-state index in [1.165, 1.54) is 5.56 Å². The molecule has 0 aliphatic carbocycles. The summed E-state index contributed by atoms with van der Waals surface area (Å²) in [6, 6.07) is 20.2. The van der Waals surface area contributed by atoms with Crippen LogP contribution in [0.25, 0.3) is 22.5 Å². The molecule has 0 unspecified atom stereocenters. The number of methoxy groups -OCH3 is 1. The maximum Gasteiger partial charge on any atom is 0.159 e. The molecule has 0 atom stereocenters. The Morgan fingerprint density at radius 1 is 0.971 bits per heavy atom. The number of halogens is 1. The van der Waals surface area contributed by atoms with Crippen molar-refractivity contribution in [1.82, 2.24) is 19.9 Å². The van der Waals surface area contributed by atoms with Gasteiger partial charge in [0.2, 0.25) is 0 Å². The Hall–Kier alpha value is -3.28. The predicted octanol–water partition coefficient (Wildman–Crippen LogP) is 6.25. The van der Waals surface area contributed by atoms with E-state index in [0.717, 1.165) is 71.5 Å². The molecular weight excluding hydrogens is 444 g/mol. The highest BCUT2D eigenvalue weighted by Gasteiger charge is 2.25. The molecule has 1 aliphatic heterocycles. The molecule has 0 spiro atoms. The topological polar surface area (TPSA) is 51.1 Å². The van der Waals surface area contributed by atoms with Gasteiger partial charge in [-0.15, -0.1) is 0 Å². The third-order valence-electron chi connectivity index (χ3n) is 6.41. The number of rotatable bonds is 6. The SMILES string of the molecule is COc1cccc(-c2cnc(-c3ccncc3)nc2C2CCN(Cc3cccc(Cl)c3)CC2)c1. The number of ether oxygens (including phenoxy) is 1. The number of benzene rings is 2. The molecule has 0 N–H and O–H groups in total. The predicted molar refractivity (Wildman–Crippen MR) is 136 cm³/mol. The third-order valence-corrected chi connectivity index (χ3v) is 6.64. The lowest BCUT2D eigenvalue weighted by Crippen LogP contribution is -2.33. The molecule has 1 aliphatic rings. The average Bonchev–Trinajstić information content (AvgIpc) is 2.89. The third kappa shape index (κ3) is 5.11. The van der Waals surface area contributed by atoms with E-state index in [1.807, 2.05) is 42.6 Å². The molecule has 0 bridgehead atoms. The van der Waals surface area contributed by atoms with Crippen molar-refractivity contribution >= 4 is 11.6 Å². The molecule has 5 rings (SSSR count). The minimum absolute atomic E-state index is 0.361. The molecule has 4 aromatic rings. The molecule has 34 heavy (non-hydrogen) atoms. The maximum absolute atomic E-state index is 6.18. The van der Waals surface area contributed by atoms with Gasteiger partial charge in [-0.2, -0.15) is 0 Å². The number of hydrogen-bond acceptors (Lipinski definition) is 5. The number of nitrogens with zero attached hydrogens (tertiary/aromatic N) is 4. The van der Waals surface area contributed by atoms with Crippen LogP contribution < -0.4 is 4.74 Å². The van der Waals surface area contributed by atoms with Gasteiger partial charge in [-0.05, 0) is 73.5 Å². The number of pyridine rings is 1. The fourth-order valence-electron chi connectivity index (χ4n) is 4.62. The van der Waals surface area contributed by atoms with Gasteiger partial charge in [-0.3, -0.25) is 9.88 Å². The summed E-state index contributed by atoms with van der Waals surface area (Å²) in [5.74, 6) is 1.93. The number of piperidine rings is 1. The first-order valence-corrected chi connectivity index (χ1v) is 12.0. The molecule has 172 valence electrons. The van der Waals surface area contributed by atoms with Crippen LogP contribution in [0, 0.1) is 0 Å². The Balaban J connectivity index is 1.43. The van der Waals surface area contributed by atoms with Gasteiger partial charge in [0.1, 0.15) is 5.75 Å². The van der Waals surface area contributed by atoms with Crippen molar-refractivity contribution in [3.63, 3.8) is 0 Å². The fourth-order valence-corrected chi connectivity index (χ4v) is 4.83. The number of hydrogen-bond donors (Lipinski definition) is 0. The minimum atomic E-state index is 0.361. The monoisotopic (exact) mass is 470 g/mol. The van der Waals surface area contributed by atoms with E-state index in [1.54, 1.807) is 19.5 Å². The van der Waals surface area contributed by atoms with E-state index < -0.39 is 0 Å². The van der Waals surface area contributed by atoms with Gasteiger partial charge in [-0.25, -0.2) is 9.97 Å². The molecule has 3 heterocycles. The first kappa shape index (κ1) is 22.5. The van der Waals surface area contributed by atoms with Gasteiger partial charge >= 0.3 is 0 Å². The van der Waals surface area contributed by atoms with Gasteiger partial charge in [0, 0.05) is 47.2 Å². The summed E-state index contributed by atoms with van der Waals surface area (Å²) >= 11 is 6.18. The zero-order valence-corrected chi connectivity index (χ0v) is 19.9. The Morgan fingerprint density at radius 2 is 1.76 bits per heavy atom. The standard InChI is InChI=1S/C28H27ClN4O/c1-34-25-7-3-5-23(17-25)26-18-31-28(22-8-12-30-13-9-22)32-27(26)21-10-14-33(15-11-21)19-20-4-2-6-24(29)16-20/h2-9,12-13,16-18,21H,10-11,14-15,19H2,1H3. The van der Waals surface area contributed by atoms with Crippen LogP contribution in [0.5, 0.6) is 5.75 Å². The molecule has 2 aromatic carbocycles. The lowest BCUT2D eigenvalue weighted by Gasteiger charge is -2.32. The highest BCUT2D eigenvalue weighted by Crippen LogP contribution is 2.36. The summed E-state index contributed by atoms with van der Waals surface area (Å²) in [6.07, 6.45) is 7.62. The zero-order valence-electron chi connectivity index (χ0n) is 19.2. The van der Waals surface area contributed by atoms with Crippen molar-refractivity contribution in [1.29, 1.82) is 0 Å². The summed E-state index contributed by atoms with van der Waals surface area (Å²) in [7, 11) is 1.69. The summed E-state index contributed by atoms with van der Waals surface area (Å²) in [6.45, 7) is 2.95. The van der Waals surface area contributed by atoms with Gasteiger partial charge in [0.05, 0.1) is 12.8 Å². The van der Waals surface area contributed by atoms with Crippen LogP contribution in [0.4, 0.5) is 0 Å². The normalized spacial score (nSPS) is 14.8. The van der Waals surface area contributed by atoms with Crippen LogP contribution >= 0.6 is 11.6 Å². The molecule has 1 fully saturated rings. The van der Waals surface area contributed by atoms with E-state index in [2.05, 4.69) is 34.1 Å². The molecule has 0 amide bonds. The summed E-state index contributed by atoms with van der Waals surface area (Å²) in [5.41, 5.74) is 5.50. The van der Waals surface area contributed by atoms with Crippen molar-refractivity contribution in [3.05, 3.63) is 95.5 Å². The molecular formula is C28H27ClN4O. The van der Waals surface area contributed by atoms with Crippen LogP contribution in [0.1, 0.15) is 30.0 Å². The molecule has 6 heteroatoms. The Labute approximate surface area is 205 Å². The lowest BCUT2D eigenvalue weighted by atomic mass is 9.88. The molecule has 0 radical (unpaired) electrons. The smallest absolute Gasteiger partial charge is 0.159 e. The van der Waals surface area contributed by atoms with E-state index in [-0.39, 0.29) is 0 Å². The Bertz CT molecular complexity index is 1260. The van der Waals surface area contributed by atoms with Crippen molar-refractivity contribution in [2.24, 2.45) is 0 Å². The van der Waals surface area contributed by atoms with Crippen LogP contribution in [-0.4, -0.2) is 40.1 Å². The van der Waals surface area contributed by atoms with Gasteiger partial charge in [0.25, 0.3) is 0 Å². The zero-order chi connectivity index (χ0) is 23.3. The highest BCUT2D eigenvalue weighted by molar-refractivity contribution is 6.30. The lowest BCUT2D eigenvalue weighted by molar-refractivity contribution is 0.203. The second-order valence-corrected chi connectivity index (χ2v) is 9.08. The number of aromatic nitrogens is 3. The van der Waals surface area contributed by atoms with Gasteiger partial charge < -0.3 is 4.74 Å². The highest BCUT2D eigenvalue weighted by atomic mass is 35.5. The molecule has 2 aromatic heterocycles. The van der Waals surface area contributed by atoms with Crippen molar-refractivity contribution < 1.29 is 4.74 Å². The second-order valence-electron chi connectivity index (χ2n) is 8.64. The van der Waals surface area contributed by atoms with Crippen LogP contribution in [0.2, 0.25) is 5.02 Å². The van der Waals surface area contributed by atoms with Crippen molar-refractivity contribution in [2.45, 2.75) is 25.3 Å². The number of likely N-dealkylation sites (tertiary alicyclic amines) is 1.